The van der Waals surface area contributed by atoms with Gasteiger partial charge in [0.15, 0.2) is 5.78 Å². The van der Waals surface area contributed by atoms with Gasteiger partial charge in [-0.15, -0.1) is 11.8 Å². The highest BCUT2D eigenvalue weighted by atomic mass is 32.2. The monoisotopic (exact) mass is 398 g/mol. The molecular formula is C18H26N2O6S. The smallest absolute Gasteiger partial charge is 0.157 e. The zero-order chi connectivity index (χ0) is 19.7. The van der Waals surface area contributed by atoms with Crippen LogP contribution in [0.1, 0.15) is 19.5 Å². The van der Waals surface area contributed by atoms with E-state index in [1.54, 1.807) is 14.0 Å². The molecule has 2 heterocycles. The Morgan fingerprint density at radius 2 is 1.89 bits per heavy atom. The van der Waals surface area contributed by atoms with Gasteiger partial charge in [0.25, 0.3) is 0 Å². The minimum absolute atomic E-state index is 0.00598. The predicted octanol–water partition coefficient (Wildman–Crippen LogP) is 1.69. The number of aromatic hydroxyl groups is 1. The van der Waals surface area contributed by atoms with Crippen LogP contribution in [0.3, 0.4) is 0 Å². The number of Topliss-reactive ketones (excluding diaryl/α,β-unsaturated/α-hetero) is 1. The molecule has 9 heteroatoms. The molecule has 0 aromatic carbocycles. The zero-order valence-corrected chi connectivity index (χ0v) is 16.7. The van der Waals surface area contributed by atoms with Crippen molar-refractivity contribution >= 4 is 22.6 Å². The molecule has 1 aromatic rings. The van der Waals surface area contributed by atoms with Crippen molar-refractivity contribution in [1.82, 2.24) is 4.98 Å². The van der Waals surface area contributed by atoms with Crippen molar-refractivity contribution < 1.29 is 28.8 Å². The number of carbonyl (C=O) groups is 1. The van der Waals surface area contributed by atoms with Crippen LogP contribution in [0, 0.1) is 0 Å². The molecule has 0 spiro atoms. The van der Waals surface area contributed by atoms with Crippen LogP contribution in [-0.2, 0) is 19.0 Å². The Labute approximate surface area is 163 Å². The highest BCUT2D eigenvalue weighted by Gasteiger charge is 2.36. The van der Waals surface area contributed by atoms with Gasteiger partial charge < -0.3 is 24.1 Å². The third kappa shape index (κ3) is 6.46. The van der Waals surface area contributed by atoms with Crippen molar-refractivity contribution in [2.75, 3.05) is 52.5 Å². The number of aromatic nitrogens is 1. The summed E-state index contributed by atoms with van der Waals surface area (Å²) in [7, 11) is 1.62. The molecule has 0 saturated heterocycles. The summed E-state index contributed by atoms with van der Waals surface area (Å²) in [6, 6.07) is 1.49. The third-order valence-corrected chi connectivity index (χ3v) is 5.21. The van der Waals surface area contributed by atoms with E-state index < -0.39 is 5.54 Å². The van der Waals surface area contributed by atoms with E-state index in [1.165, 1.54) is 30.9 Å². The number of pyridine rings is 1. The van der Waals surface area contributed by atoms with Gasteiger partial charge in [0, 0.05) is 18.9 Å². The first-order valence-corrected chi connectivity index (χ1v) is 9.65. The number of ketones is 1. The summed E-state index contributed by atoms with van der Waals surface area (Å²) in [5.74, 6) is 0.950. The third-order valence-electron chi connectivity index (χ3n) is 3.94. The Balaban J connectivity index is 1.76. The second kappa shape index (κ2) is 10.6. The summed E-state index contributed by atoms with van der Waals surface area (Å²) in [5.41, 5.74) is -0.393. The van der Waals surface area contributed by atoms with Gasteiger partial charge in [0.05, 0.1) is 39.2 Å². The molecule has 0 saturated carbocycles. The molecule has 0 aliphatic carbocycles. The molecule has 2 rings (SSSR count). The second-order valence-corrected chi connectivity index (χ2v) is 7.10. The molecule has 0 radical (unpaired) electrons. The summed E-state index contributed by atoms with van der Waals surface area (Å²) in [6.45, 7) is 6.11. The van der Waals surface area contributed by atoms with Gasteiger partial charge in [-0.2, -0.15) is 0 Å². The minimum Gasteiger partial charge on any atom is -0.505 e. The normalized spacial score (nSPS) is 19.1. The lowest BCUT2D eigenvalue weighted by Gasteiger charge is -2.14. The number of thioether (sulfide) groups is 1. The predicted molar refractivity (Wildman–Crippen MR) is 103 cm³/mol. The van der Waals surface area contributed by atoms with Crippen LogP contribution in [0.4, 0.5) is 0 Å². The standard InChI is InChI=1S/C18H26N2O6S/c1-13(21)18(2)12-27-17(20-18)16-15(22)10-14(11-19-16)26-9-8-25-7-6-24-5-4-23-3/h10-11,22H,4-9,12H2,1-3H3/t18-/m1/s1. The Morgan fingerprint density at radius 3 is 2.48 bits per heavy atom. The second-order valence-electron chi connectivity index (χ2n) is 6.14. The Bertz CT molecular complexity index is 669. The van der Waals surface area contributed by atoms with Gasteiger partial charge >= 0.3 is 0 Å². The summed E-state index contributed by atoms with van der Waals surface area (Å²) >= 11 is 1.41. The van der Waals surface area contributed by atoms with Crippen LogP contribution in [0.2, 0.25) is 0 Å². The average molecular weight is 398 g/mol. The van der Waals surface area contributed by atoms with E-state index in [1.807, 2.05) is 0 Å². The molecule has 0 unspecified atom stereocenters. The molecule has 0 fully saturated rings. The molecule has 1 aliphatic rings. The van der Waals surface area contributed by atoms with Crippen molar-refractivity contribution in [1.29, 1.82) is 0 Å². The first-order chi connectivity index (χ1) is 13.0. The van der Waals surface area contributed by atoms with E-state index in [-0.39, 0.29) is 11.5 Å². The van der Waals surface area contributed by atoms with Crippen molar-refractivity contribution in [3.8, 4) is 11.5 Å². The molecule has 1 aliphatic heterocycles. The SMILES string of the molecule is COCCOCCOCCOc1cnc(C2=N[C@@](C)(C(C)=O)CS2)c(O)c1. The molecule has 1 atom stereocenters. The molecule has 1 aromatic heterocycles. The maximum Gasteiger partial charge on any atom is 0.157 e. The molecule has 27 heavy (non-hydrogen) atoms. The lowest BCUT2D eigenvalue weighted by atomic mass is 10.0. The number of methoxy groups -OCH3 is 1. The Hall–Kier alpha value is -1.68. The fourth-order valence-corrected chi connectivity index (χ4v) is 3.41. The summed E-state index contributed by atoms with van der Waals surface area (Å²) in [5, 5.41) is 10.8. The number of hydrogen-bond acceptors (Lipinski definition) is 9. The largest absolute Gasteiger partial charge is 0.505 e. The maximum absolute atomic E-state index is 11.7. The average Bonchev–Trinajstić information content (AvgIpc) is 3.04. The van der Waals surface area contributed by atoms with Gasteiger partial charge in [-0.3, -0.25) is 9.79 Å². The lowest BCUT2D eigenvalue weighted by molar-refractivity contribution is -0.120. The molecule has 1 N–H and O–H groups in total. The van der Waals surface area contributed by atoms with Crippen LogP contribution in [0.15, 0.2) is 17.3 Å². The Morgan fingerprint density at radius 1 is 1.22 bits per heavy atom. The van der Waals surface area contributed by atoms with Crippen molar-refractivity contribution in [3.63, 3.8) is 0 Å². The number of rotatable bonds is 12. The van der Waals surface area contributed by atoms with Crippen LogP contribution in [0.25, 0.3) is 0 Å². The minimum atomic E-state index is -0.756. The first kappa shape index (κ1) is 21.6. The van der Waals surface area contributed by atoms with E-state index in [0.717, 1.165) is 0 Å². The molecule has 150 valence electrons. The van der Waals surface area contributed by atoms with Gasteiger partial charge in [-0.05, 0) is 13.8 Å². The molecule has 0 bridgehead atoms. The van der Waals surface area contributed by atoms with Crippen molar-refractivity contribution in [2.24, 2.45) is 4.99 Å². The fraction of sp³-hybridized carbons (Fsp3) is 0.611. The van der Waals surface area contributed by atoms with Gasteiger partial charge in [-0.25, -0.2) is 4.98 Å². The van der Waals surface area contributed by atoms with E-state index >= 15 is 0 Å². The summed E-state index contributed by atoms with van der Waals surface area (Å²) in [4.78, 5) is 20.4. The quantitative estimate of drug-likeness (QED) is 0.531. The topological polar surface area (TPSA) is 99.5 Å². The molecule has 8 nitrogen and oxygen atoms in total. The van der Waals surface area contributed by atoms with Crippen LogP contribution in [0.5, 0.6) is 11.5 Å². The van der Waals surface area contributed by atoms with Crippen LogP contribution >= 0.6 is 11.8 Å². The van der Waals surface area contributed by atoms with E-state index in [0.29, 0.717) is 61.9 Å². The number of carbonyl (C=O) groups excluding carboxylic acids is 1. The zero-order valence-electron chi connectivity index (χ0n) is 15.9. The van der Waals surface area contributed by atoms with Crippen LogP contribution in [-0.4, -0.2) is 79.0 Å². The summed E-state index contributed by atoms with van der Waals surface area (Å²) < 4.78 is 21.1. The number of ether oxygens (including phenoxy) is 4. The summed E-state index contributed by atoms with van der Waals surface area (Å²) in [6.07, 6.45) is 1.52. The number of aliphatic imine (C=N–C) groups is 1. The van der Waals surface area contributed by atoms with Gasteiger partial charge in [-0.1, -0.05) is 0 Å². The molecular weight excluding hydrogens is 372 g/mol. The van der Waals surface area contributed by atoms with E-state index in [9.17, 15) is 9.90 Å². The van der Waals surface area contributed by atoms with Crippen LogP contribution < -0.4 is 4.74 Å². The van der Waals surface area contributed by atoms with E-state index in [2.05, 4.69) is 9.98 Å². The first-order valence-electron chi connectivity index (χ1n) is 8.66. The highest BCUT2D eigenvalue weighted by Crippen LogP contribution is 2.34. The van der Waals surface area contributed by atoms with Crippen molar-refractivity contribution in [3.05, 3.63) is 18.0 Å². The highest BCUT2D eigenvalue weighted by molar-refractivity contribution is 8.14. The number of nitrogens with zero attached hydrogens (tertiary/aromatic N) is 2. The number of hydrogen-bond donors (Lipinski definition) is 1. The fourth-order valence-electron chi connectivity index (χ4n) is 2.16. The van der Waals surface area contributed by atoms with E-state index in [4.69, 9.17) is 18.9 Å². The Kier molecular flexibility index (Phi) is 8.49. The maximum atomic E-state index is 11.7. The molecule has 0 amide bonds. The lowest BCUT2D eigenvalue weighted by Crippen LogP contribution is -2.31. The van der Waals surface area contributed by atoms with Gasteiger partial charge in [0.2, 0.25) is 0 Å². The van der Waals surface area contributed by atoms with Crippen molar-refractivity contribution in [2.45, 2.75) is 19.4 Å². The van der Waals surface area contributed by atoms with Gasteiger partial charge in [0.1, 0.15) is 34.4 Å².